The van der Waals surface area contributed by atoms with Gasteiger partial charge < -0.3 is 10.1 Å². The molecule has 0 aliphatic heterocycles. The first kappa shape index (κ1) is 18.5. The average Bonchev–Trinajstić information content (AvgIpc) is 3.07. The maximum Gasteiger partial charge on any atom is 0.262 e. The zero-order valence-electron chi connectivity index (χ0n) is 14.1. The van der Waals surface area contributed by atoms with Crippen LogP contribution in [0.1, 0.15) is 51.5 Å². The monoisotopic (exact) mass is 390 g/mol. The Labute approximate surface area is 152 Å². The predicted molar refractivity (Wildman–Crippen MR) is 98.5 cm³/mol. The molecule has 1 N–H and O–H groups in total. The summed E-state index contributed by atoms with van der Waals surface area (Å²) in [5.41, 5.74) is 0.917. The number of nitrogens with zero attached hydrogens (tertiary/aromatic N) is 1. The van der Waals surface area contributed by atoms with Crippen molar-refractivity contribution in [3.8, 4) is 11.8 Å². The second-order valence-electron chi connectivity index (χ2n) is 6.15. The van der Waals surface area contributed by atoms with Crippen LogP contribution in [0.2, 0.25) is 0 Å². The van der Waals surface area contributed by atoms with E-state index in [9.17, 15) is 10.1 Å². The van der Waals surface area contributed by atoms with E-state index in [-0.39, 0.29) is 23.6 Å². The SMILES string of the molecule is CC[C@H](C)Oc1ccc(/C=C(/C#N)C(=O)NC2CCCC2)cc1Br. The van der Waals surface area contributed by atoms with E-state index in [0.29, 0.717) is 0 Å². The Morgan fingerprint density at radius 1 is 1.50 bits per heavy atom. The lowest BCUT2D eigenvalue weighted by molar-refractivity contribution is -0.117. The molecule has 128 valence electrons. The van der Waals surface area contributed by atoms with E-state index in [1.807, 2.05) is 31.2 Å². The highest BCUT2D eigenvalue weighted by atomic mass is 79.9. The first-order valence-corrected chi connectivity index (χ1v) is 9.21. The number of carbonyl (C=O) groups excluding carboxylic acids is 1. The molecule has 1 aromatic carbocycles. The van der Waals surface area contributed by atoms with Crippen LogP contribution in [0.15, 0.2) is 28.2 Å². The second kappa shape index (κ2) is 8.89. The molecule has 1 amide bonds. The number of halogens is 1. The summed E-state index contributed by atoms with van der Waals surface area (Å²) in [5, 5.41) is 12.2. The molecule has 1 aliphatic rings. The summed E-state index contributed by atoms with van der Waals surface area (Å²) in [7, 11) is 0. The van der Waals surface area contributed by atoms with Crippen molar-refractivity contribution < 1.29 is 9.53 Å². The van der Waals surface area contributed by atoms with E-state index in [2.05, 4.69) is 28.2 Å². The third-order valence-electron chi connectivity index (χ3n) is 4.23. The van der Waals surface area contributed by atoms with Gasteiger partial charge in [-0.25, -0.2) is 0 Å². The molecule has 0 radical (unpaired) electrons. The van der Waals surface area contributed by atoms with Crippen molar-refractivity contribution in [2.75, 3.05) is 0 Å². The molecule has 0 saturated heterocycles. The van der Waals surface area contributed by atoms with Crippen molar-refractivity contribution in [1.29, 1.82) is 5.26 Å². The summed E-state index contributed by atoms with van der Waals surface area (Å²) in [4.78, 5) is 12.2. The van der Waals surface area contributed by atoms with Gasteiger partial charge in [0, 0.05) is 6.04 Å². The van der Waals surface area contributed by atoms with Crippen LogP contribution >= 0.6 is 15.9 Å². The molecular formula is C19H23BrN2O2. The van der Waals surface area contributed by atoms with Gasteiger partial charge in [0.2, 0.25) is 0 Å². The minimum Gasteiger partial charge on any atom is -0.490 e. The number of nitrogens with one attached hydrogen (secondary N) is 1. The summed E-state index contributed by atoms with van der Waals surface area (Å²) in [5.74, 6) is 0.468. The summed E-state index contributed by atoms with van der Waals surface area (Å²) < 4.78 is 6.62. The molecule has 0 spiro atoms. The van der Waals surface area contributed by atoms with Crippen LogP contribution in [0.25, 0.3) is 6.08 Å². The van der Waals surface area contributed by atoms with Gasteiger partial charge in [0.1, 0.15) is 17.4 Å². The molecule has 0 unspecified atom stereocenters. The van der Waals surface area contributed by atoms with Crippen molar-refractivity contribution >= 4 is 27.9 Å². The molecule has 1 atom stereocenters. The summed E-state index contributed by atoms with van der Waals surface area (Å²) in [6.07, 6.45) is 6.95. The largest absolute Gasteiger partial charge is 0.490 e. The Morgan fingerprint density at radius 3 is 2.79 bits per heavy atom. The van der Waals surface area contributed by atoms with Crippen LogP contribution in [0.4, 0.5) is 0 Å². The lowest BCUT2D eigenvalue weighted by atomic mass is 10.1. The molecule has 0 aromatic heterocycles. The fourth-order valence-electron chi connectivity index (χ4n) is 2.65. The fraction of sp³-hybridized carbons (Fsp3) is 0.474. The summed E-state index contributed by atoms with van der Waals surface area (Å²) >= 11 is 3.49. The Morgan fingerprint density at radius 2 is 2.21 bits per heavy atom. The number of hydrogen-bond donors (Lipinski definition) is 1. The molecule has 2 rings (SSSR count). The number of rotatable bonds is 6. The zero-order chi connectivity index (χ0) is 17.5. The lowest BCUT2D eigenvalue weighted by Crippen LogP contribution is -2.33. The number of carbonyl (C=O) groups is 1. The molecule has 1 fully saturated rings. The van der Waals surface area contributed by atoms with Gasteiger partial charge in [-0.3, -0.25) is 4.79 Å². The molecule has 4 nitrogen and oxygen atoms in total. The van der Waals surface area contributed by atoms with Gasteiger partial charge in [0.25, 0.3) is 5.91 Å². The average molecular weight is 391 g/mol. The van der Waals surface area contributed by atoms with Gasteiger partial charge >= 0.3 is 0 Å². The molecule has 24 heavy (non-hydrogen) atoms. The van der Waals surface area contributed by atoms with Gasteiger partial charge in [0.15, 0.2) is 0 Å². The highest BCUT2D eigenvalue weighted by Gasteiger charge is 2.19. The van der Waals surface area contributed by atoms with Crippen LogP contribution in [-0.2, 0) is 4.79 Å². The van der Waals surface area contributed by atoms with Crippen molar-refractivity contribution in [1.82, 2.24) is 5.32 Å². The third-order valence-corrected chi connectivity index (χ3v) is 4.85. The van der Waals surface area contributed by atoms with E-state index in [4.69, 9.17) is 4.74 Å². The van der Waals surface area contributed by atoms with Crippen molar-refractivity contribution in [3.05, 3.63) is 33.8 Å². The molecule has 0 bridgehead atoms. The molecule has 1 aromatic rings. The van der Waals surface area contributed by atoms with Gasteiger partial charge in [-0.1, -0.05) is 25.8 Å². The summed E-state index contributed by atoms with van der Waals surface area (Å²) in [6, 6.07) is 7.77. The van der Waals surface area contributed by atoms with Gasteiger partial charge in [-0.2, -0.15) is 5.26 Å². The Balaban J connectivity index is 2.11. The van der Waals surface area contributed by atoms with E-state index < -0.39 is 0 Å². The van der Waals surface area contributed by atoms with Crippen molar-refractivity contribution in [3.63, 3.8) is 0 Å². The van der Waals surface area contributed by atoms with E-state index in [1.54, 1.807) is 6.08 Å². The van der Waals surface area contributed by atoms with Gasteiger partial charge in [-0.15, -0.1) is 0 Å². The van der Waals surface area contributed by atoms with Crippen molar-refractivity contribution in [2.45, 2.75) is 58.1 Å². The molecule has 0 heterocycles. The minimum absolute atomic E-state index is 0.129. The van der Waals surface area contributed by atoms with Crippen LogP contribution < -0.4 is 10.1 Å². The predicted octanol–water partition coefficient (Wildman–Crippen LogP) is 4.59. The standard InChI is InChI=1S/C19H23BrN2O2/c1-3-13(2)24-18-9-8-14(11-17(18)20)10-15(12-21)19(23)22-16-6-4-5-7-16/h8-11,13,16H,3-7H2,1-2H3,(H,22,23)/b15-10-/t13-/m0/s1. The van der Waals surface area contributed by atoms with Crippen molar-refractivity contribution in [2.24, 2.45) is 0 Å². The maximum absolute atomic E-state index is 12.2. The molecular weight excluding hydrogens is 368 g/mol. The Kier molecular flexibility index (Phi) is 6.86. The normalized spacial score (nSPS) is 16.5. The third kappa shape index (κ3) is 5.10. The van der Waals surface area contributed by atoms with Crippen LogP contribution in [-0.4, -0.2) is 18.1 Å². The first-order chi connectivity index (χ1) is 11.5. The second-order valence-corrected chi connectivity index (χ2v) is 7.01. The number of benzene rings is 1. The highest BCUT2D eigenvalue weighted by Crippen LogP contribution is 2.28. The summed E-state index contributed by atoms with van der Waals surface area (Å²) in [6.45, 7) is 4.08. The Bertz CT molecular complexity index is 658. The quantitative estimate of drug-likeness (QED) is 0.570. The van der Waals surface area contributed by atoms with E-state index >= 15 is 0 Å². The number of amides is 1. The molecule has 5 heteroatoms. The highest BCUT2D eigenvalue weighted by molar-refractivity contribution is 9.10. The topological polar surface area (TPSA) is 62.1 Å². The Hall–Kier alpha value is -1.80. The fourth-order valence-corrected chi connectivity index (χ4v) is 3.14. The van der Waals surface area contributed by atoms with E-state index in [1.165, 1.54) is 0 Å². The smallest absolute Gasteiger partial charge is 0.262 e. The number of ether oxygens (including phenoxy) is 1. The number of nitriles is 1. The minimum atomic E-state index is -0.291. The zero-order valence-corrected chi connectivity index (χ0v) is 15.7. The van der Waals surface area contributed by atoms with Gasteiger partial charge in [0.05, 0.1) is 10.6 Å². The van der Waals surface area contributed by atoms with Crippen LogP contribution in [0.5, 0.6) is 5.75 Å². The maximum atomic E-state index is 12.2. The van der Waals surface area contributed by atoms with Gasteiger partial charge in [-0.05, 0) is 65.9 Å². The lowest BCUT2D eigenvalue weighted by Gasteiger charge is -2.14. The molecule has 1 saturated carbocycles. The first-order valence-electron chi connectivity index (χ1n) is 8.42. The van der Waals surface area contributed by atoms with Crippen LogP contribution in [0, 0.1) is 11.3 Å². The number of hydrogen-bond acceptors (Lipinski definition) is 3. The van der Waals surface area contributed by atoms with E-state index in [0.717, 1.165) is 47.9 Å². The van der Waals surface area contributed by atoms with Crippen LogP contribution in [0.3, 0.4) is 0 Å². The molecule has 1 aliphatic carbocycles.